The Labute approximate surface area is 182 Å². The van der Waals surface area contributed by atoms with Gasteiger partial charge in [-0.1, -0.05) is 12.1 Å². The number of aromatic hydroxyl groups is 1. The van der Waals surface area contributed by atoms with E-state index in [1.807, 2.05) is 0 Å². The minimum absolute atomic E-state index is 0.0228. The van der Waals surface area contributed by atoms with E-state index in [1.54, 1.807) is 12.1 Å². The molecule has 1 aromatic rings. The number of hydrogen-bond acceptors (Lipinski definition) is 9. The van der Waals surface area contributed by atoms with Crippen LogP contribution in [0, 0.1) is 0 Å². The predicted octanol–water partition coefficient (Wildman–Crippen LogP) is -5.01. The maximum atomic E-state index is 12.7. The van der Waals surface area contributed by atoms with E-state index in [9.17, 15) is 39.9 Å². The van der Waals surface area contributed by atoms with E-state index in [4.69, 9.17) is 9.84 Å². The maximum absolute atomic E-state index is 12.7. The molecule has 32 heavy (non-hydrogen) atoms. The van der Waals surface area contributed by atoms with Crippen LogP contribution in [0.2, 0.25) is 0 Å². The fraction of sp³-hybridized carbons (Fsp3) is 0.526. The van der Waals surface area contributed by atoms with Gasteiger partial charge in [-0.3, -0.25) is 14.4 Å². The minimum atomic E-state index is -2.24. The molecule has 0 radical (unpaired) electrons. The minimum Gasteiger partial charge on any atom is -0.508 e. The molecule has 178 valence electrons. The molecule has 0 unspecified atom stereocenters. The zero-order valence-corrected chi connectivity index (χ0v) is 17.0. The van der Waals surface area contributed by atoms with E-state index in [2.05, 4.69) is 10.6 Å². The molecular weight excluding hydrogens is 430 g/mol. The molecule has 2 rings (SSSR count). The lowest BCUT2D eigenvalue weighted by Crippen LogP contribution is -2.96. The molecule has 1 aromatic carbocycles. The van der Waals surface area contributed by atoms with Gasteiger partial charge in [0.2, 0.25) is 11.7 Å². The number of rotatable bonds is 11. The first-order chi connectivity index (χ1) is 15.1. The number of benzene rings is 1. The summed E-state index contributed by atoms with van der Waals surface area (Å²) in [5, 5.41) is 63.5. The zero-order chi connectivity index (χ0) is 23.9. The number of aliphatic hydroxyl groups is 4. The largest absolute Gasteiger partial charge is 0.508 e. The molecule has 1 aliphatic heterocycles. The van der Waals surface area contributed by atoms with Crippen molar-refractivity contribution in [3.8, 4) is 5.75 Å². The van der Waals surface area contributed by atoms with Crippen LogP contribution in [0.1, 0.15) is 5.56 Å². The molecule has 13 nitrogen and oxygen atoms in total. The number of carboxylic acid groups (broad SMARTS) is 1. The first-order valence-electron chi connectivity index (χ1n) is 9.80. The van der Waals surface area contributed by atoms with Crippen LogP contribution < -0.4 is 16.0 Å². The molecule has 0 bridgehead atoms. The molecule has 1 heterocycles. The van der Waals surface area contributed by atoms with Gasteiger partial charge in [0.1, 0.15) is 37.2 Å². The molecule has 1 fully saturated rings. The first kappa shape index (κ1) is 25.5. The second-order valence-electron chi connectivity index (χ2n) is 7.42. The van der Waals surface area contributed by atoms with Gasteiger partial charge in [0, 0.05) is 6.42 Å². The van der Waals surface area contributed by atoms with Crippen molar-refractivity contribution >= 4 is 17.8 Å². The van der Waals surface area contributed by atoms with Crippen LogP contribution in [0.3, 0.4) is 0 Å². The molecule has 1 saturated heterocycles. The zero-order valence-electron chi connectivity index (χ0n) is 17.0. The summed E-state index contributed by atoms with van der Waals surface area (Å²) in [6, 6.07) is 5.05. The van der Waals surface area contributed by atoms with Gasteiger partial charge >= 0.3 is 5.97 Å². The number of carbonyl (C=O) groups is 3. The smallest absolute Gasteiger partial charge is 0.322 e. The van der Waals surface area contributed by atoms with Gasteiger partial charge in [0.05, 0.1) is 13.2 Å². The number of nitrogens with one attached hydrogen (secondary N) is 2. The van der Waals surface area contributed by atoms with Crippen molar-refractivity contribution in [3.05, 3.63) is 29.8 Å². The van der Waals surface area contributed by atoms with Crippen LogP contribution in [0.15, 0.2) is 24.3 Å². The van der Waals surface area contributed by atoms with E-state index in [0.29, 0.717) is 5.56 Å². The molecule has 0 aromatic heterocycles. The molecule has 0 aliphatic carbocycles. The summed E-state index contributed by atoms with van der Waals surface area (Å²) in [5.41, 5.74) is 0.641. The number of amides is 2. The highest BCUT2D eigenvalue weighted by Gasteiger charge is 2.54. The van der Waals surface area contributed by atoms with Crippen molar-refractivity contribution in [2.75, 3.05) is 26.2 Å². The highest BCUT2D eigenvalue weighted by molar-refractivity contribution is 5.88. The van der Waals surface area contributed by atoms with E-state index in [0.717, 1.165) is 0 Å². The summed E-state index contributed by atoms with van der Waals surface area (Å²) >= 11 is 0. The van der Waals surface area contributed by atoms with Gasteiger partial charge in [0.15, 0.2) is 6.04 Å². The molecular formula is C19H28N3O10+. The normalized spacial score (nSPS) is 25.8. The monoisotopic (exact) mass is 458 g/mol. The van der Waals surface area contributed by atoms with Crippen LogP contribution in [0.5, 0.6) is 5.75 Å². The molecule has 10 N–H and O–H groups in total. The summed E-state index contributed by atoms with van der Waals surface area (Å²) < 4.78 is 5.16. The summed E-state index contributed by atoms with van der Waals surface area (Å²) in [6.45, 7) is -2.11. The Balaban J connectivity index is 2.05. The fourth-order valence-electron chi connectivity index (χ4n) is 3.20. The van der Waals surface area contributed by atoms with Crippen molar-refractivity contribution in [1.29, 1.82) is 0 Å². The Morgan fingerprint density at radius 1 is 1.12 bits per heavy atom. The maximum Gasteiger partial charge on any atom is 0.322 e. The number of carbonyl (C=O) groups excluding carboxylic acids is 2. The number of phenols is 1. The summed E-state index contributed by atoms with van der Waals surface area (Å²) in [6.07, 6.45) is -4.36. The molecule has 0 spiro atoms. The van der Waals surface area contributed by atoms with Crippen molar-refractivity contribution in [2.45, 2.75) is 36.6 Å². The summed E-state index contributed by atoms with van der Waals surface area (Å²) in [7, 11) is 0. The van der Waals surface area contributed by atoms with Crippen molar-refractivity contribution in [2.24, 2.45) is 0 Å². The molecule has 1 aliphatic rings. The number of aliphatic hydroxyl groups excluding tert-OH is 3. The predicted molar refractivity (Wildman–Crippen MR) is 105 cm³/mol. The number of hydrogen-bond donors (Lipinski definition) is 9. The van der Waals surface area contributed by atoms with Gasteiger partial charge in [0.25, 0.3) is 5.91 Å². The Hall–Kier alpha value is -2.81. The van der Waals surface area contributed by atoms with Crippen LogP contribution in [-0.4, -0.2) is 105 Å². The molecule has 13 heteroatoms. The van der Waals surface area contributed by atoms with E-state index >= 15 is 0 Å². The van der Waals surface area contributed by atoms with Crippen molar-refractivity contribution < 1.29 is 55.1 Å². The van der Waals surface area contributed by atoms with E-state index in [1.165, 1.54) is 17.4 Å². The third-order valence-electron chi connectivity index (χ3n) is 4.99. The van der Waals surface area contributed by atoms with Crippen molar-refractivity contribution in [1.82, 2.24) is 10.6 Å². The number of phenolic OH excluding ortho intramolecular Hbond substituents is 1. The standard InChI is InChI=1S/C19H27N3O10/c23-8-13-16(28)17(29)19(31,32-13)9-22-12(5-10-1-3-11(24)4-2-10)18(30)21-6-14(25)20-7-15(26)27/h1-4,12-13,16-17,22-24,28-29,31H,5-9H2,(H,20,25)(H,21,30)(H,26,27)/p+1/t12-,13+,16+,17-,19+/m0/s1. The Morgan fingerprint density at radius 2 is 1.78 bits per heavy atom. The highest BCUT2D eigenvalue weighted by Crippen LogP contribution is 2.27. The Morgan fingerprint density at radius 3 is 2.34 bits per heavy atom. The van der Waals surface area contributed by atoms with E-state index in [-0.39, 0.29) is 18.7 Å². The number of carboxylic acids is 1. The van der Waals surface area contributed by atoms with Crippen LogP contribution in [0.25, 0.3) is 0 Å². The number of aliphatic carboxylic acids is 1. The average molecular weight is 458 g/mol. The third kappa shape index (κ3) is 6.85. The third-order valence-corrected chi connectivity index (χ3v) is 4.99. The molecule has 5 atom stereocenters. The van der Waals surface area contributed by atoms with Gasteiger partial charge in [-0.05, 0) is 17.7 Å². The SMILES string of the molecule is O=C(O)CNC(=O)CNC(=O)[C@H](Cc1ccc(O)cc1)[NH2+]C[C@@]1(O)O[C@H](CO)[C@@H](O)[C@@H]1O. The van der Waals surface area contributed by atoms with Gasteiger partial charge in [-0.25, -0.2) is 0 Å². The Bertz CT molecular complexity index is 805. The fourth-order valence-corrected chi connectivity index (χ4v) is 3.20. The summed E-state index contributed by atoms with van der Waals surface area (Å²) in [5.74, 6) is -4.80. The van der Waals surface area contributed by atoms with Crippen LogP contribution in [-0.2, 0) is 25.5 Å². The van der Waals surface area contributed by atoms with Crippen molar-refractivity contribution in [3.63, 3.8) is 0 Å². The van der Waals surface area contributed by atoms with Crippen LogP contribution >= 0.6 is 0 Å². The number of ether oxygens (including phenoxy) is 1. The first-order valence-corrected chi connectivity index (χ1v) is 9.80. The average Bonchev–Trinajstić information content (AvgIpc) is 2.98. The van der Waals surface area contributed by atoms with E-state index < -0.39 is 67.6 Å². The highest BCUT2D eigenvalue weighted by atomic mass is 16.7. The molecule has 0 saturated carbocycles. The quantitative estimate of drug-likeness (QED) is 0.153. The Kier molecular flexibility index (Phi) is 8.89. The second-order valence-corrected chi connectivity index (χ2v) is 7.42. The lowest BCUT2D eigenvalue weighted by molar-refractivity contribution is -0.697. The number of nitrogens with two attached hydrogens (primary N) is 1. The second kappa shape index (κ2) is 11.2. The van der Waals surface area contributed by atoms with Gasteiger partial charge in [-0.2, -0.15) is 0 Å². The number of quaternary nitrogens is 1. The van der Waals surface area contributed by atoms with Gasteiger partial charge < -0.3 is 51.3 Å². The van der Waals surface area contributed by atoms with Gasteiger partial charge in [-0.15, -0.1) is 0 Å². The van der Waals surface area contributed by atoms with Crippen LogP contribution in [0.4, 0.5) is 0 Å². The topological polar surface area (TPSA) is 222 Å². The lowest BCUT2D eigenvalue weighted by Gasteiger charge is -2.26. The summed E-state index contributed by atoms with van der Waals surface area (Å²) in [4.78, 5) is 34.8. The lowest BCUT2D eigenvalue weighted by atomic mass is 10.0. The molecule has 2 amide bonds.